The quantitative estimate of drug-likeness (QED) is 0.758. The molecule has 0 aliphatic rings. The van der Waals surface area contributed by atoms with E-state index in [2.05, 4.69) is 9.97 Å². The fraction of sp³-hybridized carbons (Fsp3) is 0.300. The highest BCUT2D eigenvalue weighted by Gasteiger charge is 2.16. The van der Waals surface area contributed by atoms with Crippen LogP contribution in [-0.2, 0) is 11.2 Å². The highest BCUT2D eigenvalue weighted by atomic mass is 16.4. The van der Waals surface area contributed by atoms with Crippen LogP contribution < -0.4 is 5.73 Å². The molecule has 1 unspecified atom stereocenters. The number of aliphatic carboxylic acids is 1. The van der Waals surface area contributed by atoms with Crippen LogP contribution in [0.4, 0.5) is 0 Å². The minimum Gasteiger partial charge on any atom is -0.480 e. The average Bonchev–Trinajstić information content (AvgIpc) is 2.56. The van der Waals surface area contributed by atoms with Crippen molar-refractivity contribution in [3.8, 4) is 0 Å². The molecular formula is C10H12N4O2. The number of hydrogen-bond donors (Lipinski definition) is 2. The number of carboxylic acid groups (broad SMARTS) is 1. The third-order valence-electron chi connectivity index (χ3n) is 2.50. The molecule has 2 rings (SSSR count). The highest BCUT2D eigenvalue weighted by Crippen LogP contribution is 2.11. The number of aryl methyl sites for hydroxylation is 1. The summed E-state index contributed by atoms with van der Waals surface area (Å²) in [6.45, 7) is 1.87. The lowest BCUT2D eigenvalue weighted by Gasteiger charge is -2.03. The molecule has 16 heavy (non-hydrogen) atoms. The summed E-state index contributed by atoms with van der Waals surface area (Å²) in [4.78, 5) is 18.9. The highest BCUT2D eigenvalue weighted by molar-refractivity contribution is 5.73. The van der Waals surface area contributed by atoms with E-state index >= 15 is 0 Å². The maximum Gasteiger partial charge on any atom is 0.320 e. The van der Waals surface area contributed by atoms with Crippen LogP contribution in [0.3, 0.4) is 0 Å². The first-order chi connectivity index (χ1) is 7.59. The molecule has 0 aliphatic heterocycles. The number of nitrogens with two attached hydrogens (primary N) is 1. The van der Waals surface area contributed by atoms with Crippen molar-refractivity contribution < 1.29 is 9.90 Å². The zero-order chi connectivity index (χ0) is 11.7. The average molecular weight is 220 g/mol. The van der Waals surface area contributed by atoms with Gasteiger partial charge >= 0.3 is 5.97 Å². The molecule has 0 radical (unpaired) electrons. The normalized spacial score (nSPS) is 12.9. The third kappa shape index (κ3) is 1.74. The molecule has 6 heteroatoms. The third-order valence-corrected chi connectivity index (χ3v) is 2.50. The first-order valence-electron chi connectivity index (χ1n) is 4.85. The van der Waals surface area contributed by atoms with E-state index in [0.29, 0.717) is 5.69 Å². The first-order valence-corrected chi connectivity index (χ1v) is 4.85. The lowest BCUT2D eigenvalue weighted by atomic mass is 10.1. The van der Waals surface area contributed by atoms with E-state index in [1.807, 2.05) is 11.3 Å². The van der Waals surface area contributed by atoms with Crippen molar-refractivity contribution in [3.05, 3.63) is 30.0 Å². The second-order valence-corrected chi connectivity index (χ2v) is 3.60. The van der Waals surface area contributed by atoms with Gasteiger partial charge in [0.1, 0.15) is 18.0 Å². The van der Waals surface area contributed by atoms with Crippen molar-refractivity contribution in [1.82, 2.24) is 14.4 Å². The topological polar surface area (TPSA) is 93.5 Å². The van der Waals surface area contributed by atoms with E-state index in [1.165, 1.54) is 0 Å². The van der Waals surface area contributed by atoms with Gasteiger partial charge in [0.05, 0.1) is 5.69 Å². The molecule has 2 aromatic rings. The van der Waals surface area contributed by atoms with Crippen LogP contribution in [0.5, 0.6) is 0 Å². The minimum atomic E-state index is -1.02. The number of fused-ring (bicyclic) bond motifs is 1. The minimum absolute atomic E-state index is 0.225. The van der Waals surface area contributed by atoms with Gasteiger partial charge in [-0.1, -0.05) is 0 Å². The maximum absolute atomic E-state index is 10.7. The van der Waals surface area contributed by atoms with E-state index in [-0.39, 0.29) is 6.42 Å². The standard InChI is InChI=1S/C10H12N4O2/c1-6-8(4-7(11)10(15)16)13-9-2-3-12-5-14(6)9/h2-3,5,7H,4,11H2,1H3,(H,15,16). The van der Waals surface area contributed by atoms with Crippen LogP contribution in [0.15, 0.2) is 18.6 Å². The maximum atomic E-state index is 10.7. The molecule has 0 fully saturated rings. The van der Waals surface area contributed by atoms with Crippen LogP contribution in [0.2, 0.25) is 0 Å². The second-order valence-electron chi connectivity index (χ2n) is 3.60. The molecule has 0 saturated heterocycles. The smallest absolute Gasteiger partial charge is 0.320 e. The number of carboxylic acids is 1. The van der Waals surface area contributed by atoms with Crippen LogP contribution in [0.25, 0.3) is 5.65 Å². The predicted octanol–water partition coefficient (Wildman–Crippen LogP) is -0.00788. The summed E-state index contributed by atoms with van der Waals surface area (Å²) in [6.07, 6.45) is 3.51. The fourth-order valence-electron chi connectivity index (χ4n) is 1.55. The molecule has 0 spiro atoms. The number of imidazole rings is 1. The Morgan fingerprint density at radius 1 is 1.69 bits per heavy atom. The molecule has 0 aliphatic carbocycles. The van der Waals surface area contributed by atoms with Gasteiger partial charge in [0, 0.05) is 18.3 Å². The Morgan fingerprint density at radius 2 is 2.44 bits per heavy atom. The fourth-order valence-corrected chi connectivity index (χ4v) is 1.55. The summed E-state index contributed by atoms with van der Waals surface area (Å²) in [6, 6.07) is 0.847. The van der Waals surface area contributed by atoms with Crippen molar-refractivity contribution in [3.63, 3.8) is 0 Å². The molecule has 0 amide bonds. The lowest BCUT2D eigenvalue weighted by Crippen LogP contribution is -2.32. The van der Waals surface area contributed by atoms with E-state index in [4.69, 9.17) is 10.8 Å². The number of nitrogens with zero attached hydrogens (tertiary/aromatic N) is 3. The van der Waals surface area contributed by atoms with E-state index in [9.17, 15) is 4.79 Å². The number of rotatable bonds is 3. The van der Waals surface area contributed by atoms with E-state index < -0.39 is 12.0 Å². The first kappa shape index (κ1) is 10.6. The van der Waals surface area contributed by atoms with Crippen molar-refractivity contribution >= 4 is 11.6 Å². The van der Waals surface area contributed by atoms with E-state index in [1.54, 1.807) is 18.6 Å². The SMILES string of the molecule is Cc1c(CC(N)C(=O)O)nc2ccncn12. The summed E-state index contributed by atoms with van der Waals surface area (Å²) >= 11 is 0. The molecule has 1 atom stereocenters. The Hall–Kier alpha value is -1.95. The molecule has 84 valence electrons. The zero-order valence-corrected chi connectivity index (χ0v) is 8.79. The largest absolute Gasteiger partial charge is 0.480 e. The number of hydrogen-bond acceptors (Lipinski definition) is 4. The number of aromatic nitrogens is 3. The molecule has 2 heterocycles. The van der Waals surface area contributed by atoms with Gasteiger partial charge in [0.25, 0.3) is 0 Å². The summed E-state index contributed by atoms with van der Waals surface area (Å²) in [5.41, 5.74) is 7.80. The van der Waals surface area contributed by atoms with Gasteiger partial charge in [-0.15, -0.1) is 0 Å². The Balaban J connectivity index is 2.38. The zero-order valence-electron chi connectivity index (χ0n) is 8.79. The summed E-state index contributed by atoms with van der Waals surface area (Å²) in [5.74, 6) is -1.02. The second kappa shape index (κ2) is 3.90. The van der Waals surface area contributed by atoms with Crippen molar-refractivity contribution in [1.29, 1.82) is 0 Å². The number of carbonyl (C=O) groups is 1. The molecular weight excluding hydrogens is 208 g/mol. The van der Waals surface area contributed by atoms with Gasteiger partial charge in [-0.2, -0.15) is 0 Å². The lowest BCUT2D eigenvalue weighted by molar-refractivity contribution is -0.138. The molecule has 0 aromatic carbocycles. The van der Waals surface area contributed by atoms with Gasteiger partial charge in [-0.05, 0) is 13.0 Å². The van der Waals surface area contributed by atoms with Crippen LogP contribution in [0.1, 0.15) is 11.4 Å². The predicted molar refractivity (Wildman–Crippen MR) is 57.0 cm³/mol. The summed E-state index contributed by atoms with van der Waals surface area (Å²) in [7, 11) is 0. The van der Waals surface area contributed by atoms with E-state index in [0.717, 1.165) is 11.3 Å². The van der Waals surface area contributed by atoms with Gasteiger partial charge in [-0.25, -0.2) is 9.97 Å². The Kier molecular flexibility index (Phi) is 2.57. The monoisotopic (exact) mass is 220 g/mol. The molecule has 6 nitrogen and oxygen atoms in total. The molecule has 0 bridgehead atoms. The Labute approximate surface area is 91.7 Å². The van der Waals surface area contributed by atoms with Gasteiger partial charge in [0.2, 0.25) is 0 Å². The van der Waals surface area contributed by atoms with Crippen LogP contribution in [-0.4, -0.2) is 31.5 Å². The summed E-state index contributed by atoms with van der Waals surface area (Å²) in [5, 5.41) is 8.74. The molecule has 3 N–H and O–H groups in total. The Bertz CT molecular complexity index is 535. The van der Waals surface area contributed by atoms with Crippen molar-refractivity contribution in [2.45, 2.75) is 19.4 Å². The summed E-state index contributed by atoms with van der Waals surface area (Å²) < 4.78 is 1.81. The van der Waals surface area contributed by atoms with Gasteiger partial charge in [-0.3, -0.25) is 9.20 Å². The van der Waals surface area contributed by atoms with Crippen LogP contribution in [0, 0.1) is 6.92 Å². The molecule has 2 aromatic heterocycles. The Morgan fingerprint density at radius 3 is 3.06 bits per heavy atom. The van der Waals surface area contributed by atoms with Crippen molar-refractivity contribution in [2.75, 3.05) is 0 Å². The molecule has 0 saturated carbocycles. The van der Waals surface area contributed by atoms with Crippen LogP contribution >= 0.6 is 0 Å². The van der Waals surface area contributed by atoms with Gasteiger partial charge in [0.15, 0.2) is 0 Å². The van der Waals surface area contributed by atoms with Crippen molar-refractivity contribution in [2.24, 2.45) is 5.73 Å². The van der Waals surface area contributed by atoms with Gasteiger partial charge < -0.3 is 10.8 Å².